The lowest BCUT2D eigenvalue weighted by atomic mass is 9.71. The lowest BCUT2D eigenvalue weighted by Crippen LogP contribution is -2.59. The van der Waals surface area contributed by atoms with E-state index in [1.165, 1.54) is 13.0 Å². The van der Waals surface area contributed by atoms with Crippen LogP contribution in [0.25, 0.3) is 0 Å². The van der Waals surface area contributed by atoms with Crippen LogP contribution in [0.15, 0.2) is 6.07 Å². The molecule has 3 N–H and O–H groups in total. The van der Waals surface area contributed by atoms with Gasteiger partial charge in [-0.3, -0.25) is 4.79 Å². The number of hydrogen-bond donors (Lipinski definition) is 3. The van der Waals surface area contributed by atoms with Gasteiger partial charge >= 0.3 is 5.97 Å². The Morgan fingerprint density at radius 2 is 2.11 bits per heavy atom. The zero-order chi connectivity index (χ0) is 14.2. The van der Waals surface area contributed by atoms with E-state index in [-0.39, 0.29) is 21.8 Å². The minimum absolute atomic E-state index is 0.0464. The van der Waals surface area contributed by atoms with E-state index in [9.17, 15) is 14.7 Å². The van der Waals surface area contributed by atoms with Crippen LogP contribution in [0, 0.1) is 5.92 Å². The number of carboxylic acid groups (broad SMARTS) is 1. The molecule has 1 aliphatic rings. The minimum atomic E-state index is -1.26. The summed E-state index contributed by atoms with van der Waals surface area (Å²) in [4.78, 5) is 26.1. The van der Waals surface area contributed by atoms with Crippen LogP contribution in [-0.4, -0.2) is 27.5 Å². The van der Waals surface area contributed by atoms with Crippen molar-refractivity contribution in [3.63, 3.8) is 0 Å². The molecule has 0 saturated heterocycles. The second kappa shape index (κ2) is 5.06. The highest BCUT2D eigenvalue weighted by Gasteiger charge is 2.45. The lowest BCUT2D eigenvalue weighted by molar-refractivity contribution is -0.147. The summed E-state index contributed by atoms with van der Waals surface area (Å²) in [6, 6.07) is 1.38. The van der Waals surface area contributed by atoms with E-state index < -0.39 is 17.4 Å². The number of carbonyl (C=O) groups is 2. The van der Waals surface area contributed by atoms with E-state index in [4.69, 9.17) is 23.2 Å². The summed E-state index contributed by atoms with van der Waals surface area (Å²) in [5.41, 5.74) is -1.11. The summed E-state index contributed by atoms with van der Waals surface area (Å²) in [6.45, 7) is 1.53. The normalized spacial score (nSPS) is 18.5. The Morgan fingerprint density at radius 3 is 2.47 bits per heavy atom. The van der Waals surface area contributed by atoms with E-state index in [0.717, 1.165) is 19.3 Å². The van der Waals surface area contributed by atoms with Crippen LogP contribution in [0.1, 0.15) is 36.7 Å². The molecule has 0 spiro atoms. The third-order valence-corrected chi connectivity index (χ3v) is 4.40. The number of amides is 1. The average Bonchev–Trinajstić information content (AvgIpc) is 2.56. The maximum absolute atomic E-state index is 12.1. The Balaban J connectivity index is 2.17. The predicted octanol–water partition coefficient (Wildman–Crippen LogP) is 2.69. The number of aromatic amines is 1. The molecule has 104 valence electrons. The van der Waals surface area contributed by atoms with E-state index in [0.29, 0.717) is 0 Å². The Bertz CT molecular complexity index is 506. The fourth-order valence-electron chi connectivity index (χ4n) is 2.15. The summed E-state index contributed by atoms with van der Waals surface area (Å²) in [5, 5.41) is 12.3. The van der Waals surface area contributed by atoms with Crippen LogP contribution < -0.4 is 5.32 Å². The van der Waals surface area contributed by atoms with Gasteiger partial charge in [-0.05, 0) is 31.7 Å². The van der Waals surface area contributed by atoms with Gasteiger partial charge in [0.25, 0.3) is 5.91 Å². The number of rotatable bonds is 4. The molecule has 1 saturated carbocycles. The Kier molecular flexibility index (Phi) is 3.78. The summed E-state index contributed by atoms with van der Waals surface area (Å²) >= 11 is 11.5. The quantitative estimate of drug-likeness (QED) is 0.800. The van der Waals surface area contributed by atoms with Gasteiger partial charge in [0.05, 0.1) is 5.02 Å². The Hall–Kier alpha value is -1.20. The topological polar surface area (TPSA) is 82.2 Å². The van der Waals surface area contributed by atoms with Gasteiger partial charge in [-0.25, -0.2) is 4.79 Å². The summed E-state index contributed by atoms with van der Waals surface area (Å²) in [7, 11) is 0. The molecule has 1 aliphatic carbocycles. The van der Waals surface area contributed by atoms with Crippen molar-refractivity contribution in [3.8, 4) is 0 Å². The van der Waals surface area contributed by atoms with E-state index in [1.807, 2.05) is 0 Å². The number of nitrogens with one attached hydrogen (secondary N) is 2. The molecule has 1 amide bonds. The van der Waals surface area contributed by atoms with Crippen LogP contribution >= 0.6 is 23.2 Å². The molecule has 1 fully saturated rings. The minimum Gasteiger partial charge on any atom is -0.480 e. The molecule has 2 rings (SSSR count). The highest BCUT2D eigenvalue weighted by atomic mass is 35.5. The summed E-state index contributed by atoms with van der Waals surface area (Å²) in [6.07, 6.45) is 2.59. The SMILES string of the molecule is CC(NC(=O)c1cc(Cl)c(Cl)[nH]1)(C(=O)O)C1CCC1. The second-order valence-corrected chi connectivity index (χ2v) is 5.72. The molecular formula is C12H14Cl2N2O3. The third-order valence-electron chi connectivity index (χ3n) is 3.71. The van der Waals surface area contributed by atoms with E-state index in [2.05, 4.69) is 10.3 Å². The molecule has 7 heteroatoms. The molecule has 1 heterocycles. The van der Waals surface area contributed by atoms with Crippen LogP contribution in [0.3, 0.4) is 0 Å². The van der Waals surface area contributed by atoms with E-state index >= 15 is 0 Å². The molecule has 0 aromatic carbocycles. The first-order chi connectivity index (χ1) is 8.84. The van der Waals surface area contributed by atoms with E-state index in [1.54, 1.807) is 0 Å². The van der Waals surface area contributed by atoms with Gasteiger partial charge in [0.15, 0.2) is 0 Å². The maximum atomic E-state index is 12.1. The fourth-order valence-corrected chi connectivity index (χ4v) is 2.46. The molecular weight excluding hydrogens is 291 g/mol. The van der Waals surface area contributed by atoms with Crippen molar-refractivity contribution >= 4 is 35.1 Å². The van der Waals surface area contributed by atoms with Crippen molar-refractivity contribution < 1.29 is 14.7 Å². The largest absolute Gasteiger partial charge is 0.480 e. The van der Waals surface area contributed by atoms with Crippen LogP contribution in [0.4, 0.5) is 0 Å². The average molecular weight is 305 g/mol. The standard InChI is InChI=1S/C12H14Cl2N2O3/c1-12(11(18)19,6-3-2-4-6)16-10(17)8-5-7(13)9(14)15-8/h5-6,15H,2-4H2,1H3,(H,16,17)(H,18,19). The molecule has 0 radical (unpaired) electrons. The maximum Gasteiger partial charge on any atom is 0.329 e. The fraction of sp³-hybridized carbons (Fsp3) is 0.500. The van der Waals surface area contributed by atoms with Gasteiger partial charge in [-0.1, -0.05) is 29.6 Å². The highest BCUT2D eigenvalue weighted by molar-refractivity contribution is 6.41. The lowest BCUT2D eigenvalue weighted by Gasteiger charge is -2.40. The molecule has 19 heavy (non-hydrogen) atoms. The molecule has 1 atom stereocenters. The number of carboxylic acids is 1. The van der Waals surface area contributed by atoms with Crippen molar-refractivity contribution in [2.45, 2.75) is 31.7 Å². The van der Waals surface area contributed by atoms with Crippen LogP contribution in [0.2, 0.25) is 10.2 Å². The number of aliphatic carboxylic acids is 1. The number of aromatic nitrogens is 1. The van der Waals surface area contributed by atoms with Gasteiger partial charge in [0.2, 0.25) is 0 Å². The predicted molar refractivity (Wildman–Crippen MR) is 71.7 cm³/mol. The number of hydrogen-bond acceptors (Lipinski definition) is 2. The van der Waals surface area contributed by atoms with Gasteiger partial charge in [-0.2, -0.15) is 0 Å². The monoisotopic (exact) mass is 304 g/mol. The molecule has 0 aliphatic heterocycles. The number of H-pyrrole nitrogens is 1. The first-order valence-corrected chi connectivity index (χ1v) is 6.70. The molecule has 1 aromatic heterocycles. The molecule has 0 bridgehead atoms. The van der Waals surface area contributed by atoms with Crippen molar-refractivity contribution in [2.75, 3.05) is 0 Å². The van der Waals surface area contributed by atoms with Crippen LogP contribution in [0.5, 0.6) is 0 Å². The van der Waals surface area contributed by atoms with Crippen LogP contribution in [-0.2, 0) is 4.79 Å². The summed E-state index contributed by atoms with van der Waals surface area (Å²) < 4.78 is 0. The first-order valence-electron chi connectivity index (χ1n) is 5.94. The zero-order valence-electron chi connectivity index (χ0n) is 10.3. The zero-order valence-corrected chi connectivity index (χ0v) is 11.8. The van der Waals surface area contributed by atoms with Crippen molar-refractivity contribution in [1.29, 1.82) is 0 Å². The van der Waals surface area contributed by atoms with Gasteiger partial charge in [0.1, 0.15) is 16.4 Å². The van der Waals surface area contributed by atoms with Crippen molar-refractivity contribution in [1.82, 2.24) is 10.3 Å². The molecule has 1 unspecified atom stereocenters. The summed E-state index contributed by atoms with van der Waals surface area (Å²) in [5.74, 6) is -1.60. The molecule has 5 nitrogen and oxygen atoms in total. The number of carbonyl (C=O) groups excluding carboxylic acids is 1. The second-order valence-electron chi connectivity index (χ2n) is 4.93. The van der Waals surface area contributed by atoms with Crippen molar-refractivity contribution in [3.05, 3.63) is 21.9 Å². The Morgan fingerprint density at radius 1 is 1.47 bits per heavy atom. The number of halogens is 2. The van der Waals surface area contributed by atoms with Crippen molar-refractivity contribution in [2.24, 2.45) is 5.92 Å². The Labute approximate surface area is 120 Å². The highest BCUT2D eigenvalue weighted by Crippen LogP contribution is 2.36. The van der Waals surface area contributed by atoms with Gasteiger partial charge in [-0.15, -0.1) is 0 Å². The smallest absolute Gasteiger partial charge is 0.329 e. The first kappa shape index (κ1) is 14.2. The third kappa shape index (κ3) is 2.58. The van der Waals surface area contributed by atoms with Gasteiger partial charge < -0.3 is 15.4 Å². The van der Waals surface area contributed by atoms with Gasteiger partial charge in [0, 0.05) is 0 Å². The molecule has 1 aromatic rings.